The number of aliphatic hydroxyl groups excluding tert-OH is 1. The molecule has 0 bridgehead atoms. The van der Waals surface area contributed by atoms with Crippen molar-refractivity contribution < 1.29 is 14.7 Å². The second kappa shape index (κ2) is 6.92. The molecule has 0 aromatic heterocycles. The lowest BCUT2D eigenvalue weighted by Gasteiger charge is -2.15. The van der Waals surface area contributed by atoms with Crippen LogP contribution in [-0.4, -0.2) is 28.0 Å². The first-order chi connectivity index (χ1) is 12.9. The first-order valence-electron chi connectivity index (χ1n) is 7.71. The van der Waals surface area contributed by atoms with E-state index in [1.165, 1.54) is 9.80 Å². The fraction of sp³-hybridized carbons (Fsp3) is 0.0556. The zero-order valence-electron chi connectivity index (χ0n) is 13.5. The molecule has 1 saturated heterocycles. The van der Waals surface area contributed by atoms with Gasteiger partial charge in [-0.3, -0.25) is 19.4 Å². The number of carbonyl (C=O) groups is 2. The Morgan fingerprint density at radius 1 is 1.04 bits per heavy atom. The molecule has 2 aromatic rings. The van der Waals surface area contributed by atoms with E-state index in [0.29, 0.717) is 27.0 Å². The highest BCUT2D eigenvalue weighted by Crippen LogP contribution is 2.45. The lowest BCUT2D eigenvalue weighted by Crippen LogP contribution is -2.29. The maximum atomic E-state index is 13.1. The molecule has 2 aliphatic rings. The van der Waals surface area contributed by atoms with Gasteiger partial charge in [0.25, 0.3) is 11.8 Å². The van der Waals surface area contributed by atoms with Crippen molar-refractivity contribution in [2.75, 3.05) is 16.5 Å². The summed E-state index contributed by atoms with van der Waals surface area (Å²) in [6.07, 6.45) is 0. The topological polar surface area (TPSA) is 60.9 Å². The molecule has 0 saturated carbocycles. The number of carbonyl (C=O) groups excluding carboxylic acids is 2. The van der Waals surface area contributed by atoms with E-state index in [0.717, 1.165) is 11.8 Å². The van der Waals surface area contributed by atoms with Crippen LogP contribution in [0.15, 0.2) is 47.4 Å². The first kappa shape index (κ1) is 18.5. The van der Waals surface area contributed by atoms with Gasteiger partial charge in [0.1, 0.15) is 6.73 Å². The van der Waals surface area contributed by atoms with E-state index < -0.39 is 18.5 Å². The Labute approximate surface area is 174 Å². The summed E-state index contributed by atoms with van der Waals surface area (Å²) in [6.45, 7) is -0.480. The highest BCUT2D eigenvalue weighted by molar-refractivity contribution is 8.27. The number of benzene rings is 2. The summed E-state index contributed by atoms with van der Waals surface area (Å²) < 4.78 is 0.286. The summed E-state index contributed by atoms with van der Waals surface area (Å²) in [5.74, 6) is -0.852. The number of fused-ring (bicyclic) bond motifs is 1. The molecular formula is C18H10Cl2N2O3S2. The minimum atomic E-state index is -0.480. The number of aliphatic hydroxyl groups is 1. The summed E-state index contributed by atoms with van der Waals surface area (Å²) in [5.41, 5.74) is 1.85. The highest BCUT2D eigenvalue weighted by Gasteiger charge is 2.42. The number of halogens is 2. The van der Waals surface area contributed by atoms with Crippen LogP contribution in [0, 0.1) is 0 Å². The van der Waals surface area contributed by atoms with E-state index in [1.807, 2.05) is 0 Å². The van der Waals surface area contributed by atoms with E-state index in [1.54, 1.807) is 42.5 Å². The van der Waals surface area contributed by atoms with Gasteiger partial charge in [-0.05, 0) is 24.3 Å². The molecule has 2 aromatic carbocycles. The molecule has 2 heterocycles. The molecule has 0 atom stereocenters. The number of thioether (sulfide) groups is 1. The third-order valence-electron chi connectivity index (χ3n) is 4.22. The smallest absolute Gasteiger partial charge is 0.271 e. The Balaban J connectivity index is 1.84. The van der Waals surface area contributed by atoms with Gasteiger partial charge in [0.05, 0.1) is 31.9 Å². The number of anilines is 2. The monoisotopic (exact) mass is 436 g/mol. The van der Waals surface area contributed by atoms with Crippen LogP contribution in [0.2, 0.25) is 10.0 Å². The van der Waals surface area contributed by atoms with Gasteiger partial charge >= 0.3 is 0 Å². The molecule has 136 valence electrons. The number of rotatable bonds is 2. The largest absolute Gasteiger partial charge is 0.376 e. The van der Waals surface area contributed by atoms with Gasteiger partial charge in [0.15, 0.2) is 4.32 Å². The highest BCUT2D eigenvalue weighted by atomic mass is 35.5. The van der Waals surface area contributed by atoms with Crippen LogP contribution >= 0.6 is 47.2 Å². The second-order valence-electron chi connectivity index (χ2n) is 5.70. The summed E-state index contributed by atoms with van der Waals surface area (Å²) >= 11 is 18.4. The average Bonchev–Trinajstić information content (AvgIpc) is 3.09. The van der Waals surface area contributed by atoms with Gasteiger partial charge in [0.2, 0.25) is 0 Å². The first-order valence-corrected chi connectivity index (χ1v) is 9.70. The summed E-state index contributed by atoms with van der Waals surface area (Å²) in [5, 5.41) is 10.2. The van der Waals surface area contributed by atoms with Gasteiger partial charge in [-0.1, -0.05) is 65.4 Å². The zero-order chi connectivity index (χ0) is 19.3. The van der Waals surface area contributed by atoms with Crippen molar-refractivity contribution in [3.05, 3.63) is 63.0 Å². The predicted molar refractivity (Wildman–Crippen MR) is 112 cm³/mol. The third-order valence-corrected chi connectivity index (χ3v) is 6.33. The van der Waals surface area contributed by atoms with Gasteiger partial charge < -0.3 is 5.11 Å². The number of amides is 2. The van der Waals surface area contributed by atoms with Gasteiger partial charge in [-0.15, -0.1) is 0 Å². The van der Waals surface area contributed by atoms with Gasteiger partial charge in [-0.2, -0.15) is 0 Å². The third kappa shape index (κ3) is 2.86. The van der Waals surface area contributed by atoms with Crippen molar-refractivity contribution in [1.29, 1.82) is 0 Å². The van der Waals surface area contributed by atoms with Crippen LogP contribution in [0.1, 0.15) is 5.56 Å². The van der Waals surface area contributed by atoms with E-state index in [9.17, 15) is 14.7 Å². The number of para-hydroxylation sites is 1. The molecule has 9 heteroatoms. The minimum absolute atomic E-state index is 0.222. The van der Waals surface area contributed by atoms with Crippen LogP contribution < -0.4 is 9.80 Å². The molecule has 4 rings (SSSR count). The summed E-state index contributed by atoms with van der Waals surface area (Å²) in [4.78, 5) is 28.7. The van der Waals surface area contributed by atoms with Crippen LogP contribution in [0.5, 0.6) is 0 Å². The maximum Gasteiger partial charge on any atom is 0.271 e. The van der Waals surface area contributed by atoms with Crippen LogP contribution in [-0.2, 0) is 9.59 Å². The molecule has 0 radical (unpaired) electrons. The number of hydrogen-bond donors (Lipinski definition) is 1. The molecule has 1 fully saturated rings. The maximum absolute atomic E-state index is 13.1. The number of nitrogens with zero attached hydrogens (tertiary/aromatic N) is 2. The SMILES string of the molecule is O=C1C(=C2SC(=S)N(c3ccc(Cl)c(Cl)c3)C2=O)c2ccccc2N1CO. The number of thiocarbonyl (C=S) groups is 1. The van der Waals surface area contributed by atoms with Crippen molar-refractivity contribution in [3.8, 4) is 0 Å². The van der Waals surface area contributed by atoms with E-state index >= 15 is 0 Å². The quantitative estimate of drug-likeness (QED) is 0.567. The van der Waals surface area contributed by atoms with Crippen LogP contribution in [0.3, 0.4) is 0 Å². The van der Waals surface area contributed by atoms with Gasteiger partial charge in [0, 0.05) is 5.56 Å². The predicted octanol–water partition coefficient (Wildman–Crippen LogP) is 4.07. The fourth-order valence-electron chi connectivity index (χ4n) is 3.01. The summed E-state index contributed by atoms with van der Waals surface area (Å²) in [6, 6.07) is 11.8. The average molecular weight is 437 g/mol. The van der Waals surface area contributed by atoms with Crippen molar-refractivity contribution >= 4 is 80.3 Å². The molecule has 5 nitrogen and oxygen atoms in total. The molecule has 0 unspecified atom stereocenters. The van der Waals surface area contributed by atoms with Crippen molar-refractivity contribution in [3.63, 3.8) is 0 Å². The number of hydrogen-bond acceptors (Lipinski definition) is 5. The van der Waals surface area contributed by atoms with E-state index in [-0.39, 0.29) is 14.8 Å². The Morgan fingerprint density at radius 3 is 2.48 bits per heavy atom. The molecule has 0 spiro atoms. The molecule has 1 N–H and O–H groups in total. The lowest BCUT2D eigenvalue weighted by atomic mass is 10.1. The lowest BCUT2D eigenvalue weighted by molar-refractivity contribution is -0.115. The van der Waals surface area contributed by atoms with Gasteiger partial charge in [-0.25, -0.2) is 0 Å². The molecule has 0 aliphatic carbocycles. The molecule has 2 aliphatic heterocycles. The second-order valence-corrected chi connectivity index (χ2v) is 8.16. The Morgan fingerprint density at radius 2 is 1.78 bits per heavy atom. The zero-order valence-corrected chi connectivity index (χ0v) is 16.6. The molecular weight excluding hydrogens is 427 g/mol. The van der Waals surface area contributed by atoms with Crippen LogP contribution in [0.4, 0.5) is 11.4 Å². The standard InChI is InChI=1S/C18H10Cl2N2O3S2/c19-11-6-5-9(7-12(11)20)22-17(25)15(27-18(22)26)14-10-3-1-2-4-13(10)21(8-23)16(14)24/h1-7,23H,8H2. The normalized spacial score (nSPS) is 19.3. The van der Waals surface area contributed by atoms with Crippen molar-refractivity contribution in [1.82, 2.24) is 0 Å². The minimum Gasteiger partial charge on any atom is -0.376 e. The van der Waals surface area contributed by atoms with E-state index in [2.05, 4.69) is 0 Å². The Hall–Kier alpha value is -1.90. The fourth-order valence-corrected chi connectivity index (χ4v) is 4.67. The Bertz CT molecular complexity index is 1050. The molecule has 2 amide bonds. The van der Waals surface area contributed by atoms with E-state index in [4.69, 9.17) is 35.4 Å². The Kier molecular flexibility index (Phi) is 4.73. The molecule has 27 heavy (non-hydrogen) atoms. The van der Waals surface area contributed by atoms with Crippen LogP contribution in [0.25, 0.3) is 5.57 Å². The van der Waals surface area contributed by atoms with Crippen molar-refractivity contribution in [2.45, 2.75) is 0 Å². The van der Waals surface area contributed by atoms with Crippen molar-refractivity contribution in [2.24, 2.45) is 0 Å². The summed E-state index contributed by atoms with van der Waals surface area (Å²) in [7, 11) is 0.